The van der Waals surface area contributed by atoms with Crippen molar-refractivity contribution in [3.8, 4) is 0 Å². The highest BCUT2D eigenvalue weighted by molar-refractivity contribution is 5.81. The Bertz CT molecular complexity index is 254. The van der Waals surface area contributed by atoms with Crippen LogP contribution in [0.25, 0.3) is 0 Å². The van der Waals surface area contributed by atoms with Crippen molar-refractivity contribution in [1.82, 2.24) is 5.32 Å². The van der Waals surface area contributed by atoms with Crippen LogP contribution >= 0.6 is 0 Å². The van der Waals surface area contributed by atoms with Crippen LogP contribution in [0, 0.1) is 11.8 Å². The minimum absolute atomic E-state index is 0.288. The summed E-state index contributed by atoms with van der Waals surface area (Å²) in [6.45, 7) is 0. The maximum atomic E-state index is 10.9. The van der Waals surface area contributed by atoms with Crippen molar-refractivity contribution in [3.63, 3.8) is 0 Å². The predicted molar refractivity (Wildman–Crippen MR) is 58.1 cm³/mol. The summed E-state index contributed by atoms with van der Waals surface area (Å²) >= 11 is 0. The first-order chi connectivity index (χ1) is 7.29. The van der Waals surface area contributed by atoms with Crippen molar-refractivity contribution in [2.45, 2.75) is 38.1 Å². The summed E-state index contributed by atoms with van der Waals surface area (Å²) in [6.07, 6.45) is 10.0. The van der Waals surface area contributed by atoms with Crippen LogP contribution in [0.1, 0.15) is 32.1 Å². The molecular weight excluding hydrogens is 190 g/mol. The average Bonchev–Trinajstić information content (AvgIpc) is 2.30. The van der Waals surface area contributed by atoms with Crippen molar-refractivity contribution in [2.24, 2.45) is 11.8 Å². The van der Waals surface area contributed by atoms with Crippen LogP contribution < -0.4 is 5.32 Å². The molecule has 3 aliphatic carbocycles. The number of ether oxygens (including phenoxy) is 1. The van der Waals surface area contributed by atoms with Gasteiger partial charge in [-0.15, -0.1) is 0 Å². The first kappa shape index (κ1) is 10.5. The fraction of sp³-hybridized carbons (Fsp3) is 0.750. The van der Waals surface area contributed by atoms with E-state index in [4.69, 9.17) is 0 Å². The zero-order chi connectivity index (χ0) is 10.7. The van der Waals surface area contributed by atoms with Crippen molar-refractivity contribution in [3.05, 3.63) is 12.3 Å². The highest BCUT2D eigenvalue weighted by atomic mass is 16.5. The summed E-state index contributed by atoms with van der Waals surface area (Å²) < 4.78 is 4.54. The maximum absolute atomic E-state index is 10.9. The number of hydrogen-bond acceptors (Lipinski definition) is 3. The van der Waals surface area contributed by atoms with E-state index in [0.29, 0.717) is 6.04 Å². The standard InChI is InChI=1S/C12H19NO2/c1-15-12(14)6-7-13-11-8-9-2-4-10(11)5-3-9/h6-7,9-11,13H,2-5,8H2,1H3/b7-6+. The van der Waals surface area contributed by atoms with Gasteiger partial charge in [0.05, 0.1) is 7.11 Å². The van der Waals surface area contributed by atoms with Gasteiger partial charge in [0, 0.05) is 18.3 Å². The van der Waals surface area contributed by atoms with Crippen molar-refractivity contribution in [2.75, 3.05) is 7.11 Å². The van der Waals surface area contributed by atoms with Crippen molar-refractivity contribution < 1.29 is 9.53 Å². The van der Waals surface area contributed by atoms with Crippen molar-refractivity contribution >= 4 is 5.97 Å². The predicted octanol–water partition coefficient (Wildman–Crippen LogP) is 1.84. The van der Waals surface area contributed by atoms with Crippen LogP contribution in [-0.2, 0) is 9.53 Å². The molecule has 3 rings (SSSR count). The van der Waals surface area contributed by atoms with E-state index in [9.17, 15) is 4.79 Å². The molecule has 1 atom stereocenters. The number of nitrogens with one attached hydrogen (secondary N) is 1. The van der Waals surface area contributed by atoms with E-state index in [0.717, 1.165) is 11.8 Å². The molecule has 0 amide bonds. The van der Waals surface area contributed by atoms with E-state index in [-0.39, 0.29) is 5.97 Å². The highest BCUT2D eigenvalue weighted by Gasteiger charge is 2.34. The molecule has 1 N–H and O–H groups in total. The van der Waals surface area contributed by atoms with Gasteiger partial charge >= 0.3 is 5.97 Å². The van der Waals surface area contributed by atoms with Gasteiger partial charge in [-0.1, -0.05) is 12.8 Å². The molecule has 3 nitrogen and oxygen atoms in total. The highest BCUT2D eigenvalue weighted by Crippen LogP contribution is 2.41. The van der Waals surface area contributed by atoms with Crippen LogP contribution in [0.4, 0.5) is 0 Å². The van der Waals surface area contributed by atoms with Gasteiger partial charge in [0.1, 0.15) is 0 Å². The minimum atomic E-state index is -0.288. The van der Waals surface area contributed by atoms with Gasteiger partial charge < -0.3 is 10.1 Å². The van der Waals surface area contributed by atoms with Crippen LogP contribution in [-0.4, -0.2) is 19.1 Å². The third-order valence-corrected chi connectivity index (χ3v) is 3.78. The molecule has 0 saturated heterocycles. The lowest BCUT2D eigenvalue weighted by Gasteiger charge is -2.42. The van der Waals surface area contributed by atoms with E-state index in [1.54, 1.807) is 6.20 Å². The number of fused-ring (bicyclic) bond motifs is 3. The molecule has 3 fully saturated rings. The molecule has 2 bridgehead atoms. The summed E-state index contributed by atoms with van der Waals surface area (Å²) in [7, 11) is 1.40. The largest absolute Gasteiger partial charge is 0.466 e. The summed E-state index contributed by atoms with van der Waals surface area (Å²) in [5.74, 6) is 1.44. The molecule has 0 radical (unpaired) electrons. The number of carbonyl (C=O) groups is 1. The third kappa shape index (κ3) is 2.52. The Labute approximate surface area is 90.9 Å². The number of hydrogen-bond donors (Lipinski definition) is 1. The normalized spacial score (nSPS) is 34.3. The molecule has 0 aliphatic heterocycles. The quantitative estimate of drug-likeness (QED) is 0.569. The van der Waals surface area contributed by atoms with E-state index in [2.05, 4.69) is 10.1 Å². The topological polar surface area (TPSA) is 38.3 Å². The number of carbonyl (C=O) groups excluding carboxylic acids is 1. The van der Waals surface area contributed by atoms with E-state index in [1.165, 1.54) is 45.3 Å². The molecule has 1 unspecified atom stereocenters. The summed E-state index contributed by atoms with van der Waals surface area (Å²) in [5.41, 5.74) is 0. The van der Waals surface area contributed by atoms with E-state index in [1.807, 2.05) is 0 Å². The molecule has 3 heteroatoms. The third-order valence-electron chi connectivity index (χ3n) is 3.78. The molecule has 0 aromatic carbocycles. The molecule has 0 aromatic rings. The lowest BCUT2D eigenvalue weighted by molar-refractivity contribution is -0.134. The average molecular weight is 209 g/mol. The molecule has 0 spiro atoms. The van der Waals surface area contributed by atoms with E-state index < -0.39 is 0 Å². The smallest absolute Gasteiger partial charge is 0.331 e. The lowest BCUT2D eigenvalue weighted by Crippen LogP contribution is -2.42. The van der Waals surface area contributed by atoms with Gasteiger partial charge in [0.25, 0.3) is 0 Å². The number of esters is 1. The molecule has 3 saturated carbocycles. The van der Waals surface area contributed by atoms with Crippen LogP contribution in [0.15, 0.2) is 12.3 Å². The Balaban J connectivity index is 1.80. The Morgan fingerprint density at radius 1 is 1.33 bits per heavy atom. The van der Waals surface area contributed by atoms with Gasteiger partial charge in [-0.2, -0.15) is 0 Å². The molecular formula is C12H19NO2. The van der Waals surface area contributed by atoms with Gasteiger partial charge in [0.2, 0.25) is 0 Å². The summed E-state index contributed by atoms with van der Waals surface area (Å²) in [4.78, 5) is 10.9. The van der Waals surface area contributed by atoms with Crippen LogP contribution in [0.2, 0.25) is 0 Å². The van der Waals surface area contributed by atoms with Gasteiger partial charge in [-0.05, 0) is 31.1 Å². The second-order valence-corrected chi connectivity index (χ2v) is 4.65. The van der Waals surface area contributed by atoms with Crippen LogP contribution in [0.3, 0.4) is 0 Å². The summed E-state index contributed by atoms with van der Waals surface area (Å²) in [6, 6.07) is 0.582. The second-order valence-electron chi connectivity index (χ2n) is 4.65. The second kappa shape index (κ2) is 4.69. The first-order valence-electron chi connectivity index (χ1n) is 5.80. The Kier molecular flexibility index (Phi) is 3.29. The Hall–Kier alpha value is -0.990. The van der Waals surface area contributed by atoms with Crippen LogP contribution in [0.5, 0.6) is 0 Å². The molecule has 0 aromatic heterocycles. The fourth-order valence-corrected chi connectivity index (χ4v) is 2.89. The van der Waals surface area contributed by atoms with E-state index >= 15 is 0 Å². The van der Waals surface area contributed by atoms with Crippen molar-refractivity contribution in [1.29, 1.82) is 0 Å². The number of rotatable bonds is 3. The number of methoxy groups -OCH3 is 1. The monoisotopic (exact) mass is 209 g/mol. The fourth-order valence-electron chi connectivity index (χ4n) is 2.89. The minimum Gasteiger partial charge on any atom is -0.466 e. The van der Waals surface area contributed by atoms with Gasteiger partial charge in [-0.25, -0.2) is 4.79 Å². The zero-order valence-corrected chi connectivity index (χ0v) is 9.24. The molecule has 0 heterocycles. The molecule has 84 valence electrons. The SMILES string of the molecule is COC(=O)/C=C/NC1CC2CCC1CC2. The van der Waals surface area contributed by atoms with Gasteiger partial charge in [0.15, 0.2) is 0 Å². The Morgan fingerprint density at radius 2 is 2.07 bits per heavy atom. The molecule has 3 aliphatic rings. The van der Waals surface area contributed by atoms with Gasteiger partial charge in [-0.3, -0.25) is 0 Å². The molecule has 15 heavy (non-hydrogen) atoms. The lowest BCUT2D eigenvalue weighted by atomic mass is 9.68. The zero-order valence-electron chi connectivity index (χ0n) is 9.24. The maximum Gasteiger partial charge on any atom is 0.331 e. The summed E-state index contributed by atoms with van der Waals surface area (Å²) in [5, 5.41) is 3.34. The Morgan fingerprint density at radius 3 is 2.60 bits per heavy atom. The first-order valence-corrected chi connectivity index (χ1v) is 5.80.